The molecule has 1 aliphatic rings. The largest absolute Gasteiger partial charge is 0.449 e. The predicted molar refractivity (Wildman–Crippen MR) is 161 cm³/mol. The number of alkyl carbamates (subject to hydrolysis) is 1. The zero-order chi connectivity index (χ0) is 27.0. The number of ether oxygens (including phenoxy) is 1. The van der Waals surface area contributed by atoms with Crippen LogP contribution in [0.25, 0.3) is 11.1 Å². The molecule has 0 saturated heterocycles. The molecule has 0 saturated carbocycles. The Hall–Kier alpha value is -4.16. The minimum Gasteiger partial charge on any atom is -0.449 e. The van der Waals surface area contributed by atoms with Crippen molar-refractivity contribution in [1.82, 2.24) is 16.0 Å². The van der Waals surface area contributed by atoms with E-state index in [1.165, 1.54) is 22.3 Å². The van der Waals surface area contributed by atoms with Crippen LogP contribution in [0.1, 0.15) is 41.1 Å². The first kappa shape index (κ1) is 26.4. The summed E-state index contributed by atoms with van der Waals surface area (Å²) in [5.74, 6) is 0.0186. The lowest BCUT2D eigenvalue weighted by molar-refractivity contribution is 0.139. The van der Waals surface area contributed by atoms with Gasteiger partial charge in [-0.25, -0.2) is 4.79 Å². The van der Waals surface area contributed by atoms with Gasteiger partial charge >= 0.3 is 6.09 Å². The van der Waals surface area contributed by atoms with Crippen LogP contribution >= 0.6 is 12.2 Å². The maximum atomic E-state index is 13.0. The molecule has 6 heteroatoms. The van der Waals surface area contributed by atoms with Gasteiger partial charge < -0.3 is 20.7 Å². The second-order valence-corrected chi connectivity index (χ2v) is 10.3. The van der Waals surface area contributed by atoms with Crippen LogP contribution in [-0.2, 0) is 11.2 Å². The number of hydrogen-bond donors (Lipinski definition) is 3. The predicted octanol–water partition coefficient (Wildman–Crippen LogP) is 6.36. The maximum absolute atomic E-state index is 13.0. The minimum absolute atomic E-state index is 0.0186. The molecule has 0 bridgehead atoms. The first-order chi connectivity index (χ1) is 19.1. The molecule has 4 aromatic carbocycles. The third-order valence-electron chi connectivity index (χ3n) is 7.15. The number of fused-ring (bicyclic) bond motifs is 3. The van der Waals surface area contributed by atoms with Crippen LogP contribution in [0.15, 0.2) is 109 Å². The van der Waals surface area contributed by atoms with Gasteiger partial charge in [0.05, 0.1) is 12.1 Å². The Morgan fingerprint density at radius 3 is 2.00 bits per heavy atom. The molecule has 198 valence electrons. The van der Waals surface area contributed by atoms with Gasteiger partial charge in [-0.2, -0.15) is 0 Å². The molecule has 0 heterocycles. The molecule has 39 heavy (non-hydrogen) atoms. The smallest absolute Gasteiger partial charge is 0.407 e. The van der Waals surface area contributed by atoms with Gasteiger partial charge in [0.2, 0.25) is 0 Å². The van der Waals surface area contributed by atoms with Crippen LogP contribution in [0.4, 0.5) is 4.79 Å². The molecule has 3 N–H and O–H groups in total. The van der Waals surface area contributed by atoms with Crippen molar-refractivity contribution in [2.75, 3.05) is 13.2 Å². The Bertz CT molecular complexity index is 1370. The lowest BCUT2D eigenvalue weighted by Gasteiger charge is -2.23. The monoisotopic (exact) mass is 535 g/mol. The highest BCUT2D eigenvalue weighted by Crippen LogP contribution is 2.44. The van der Waals surface area contributed by atoms with Crippen LogP contribution in [0, 0.1) is 0 Å². The van der Waals surface area contributed by atoms with Crippen molar-refractivity contribution in [3.05, 3.63) is 131 Å². The van der Waals surface area contributed by atoms with Gasteiger partial charge in [0.25, 0.3) is 0 Å². The van der Waals surface area contributed by atoms with Crippen LogP contribution in [0.3, 0.4) is 0 Å². The summed E-state index contributed by atoms with van der Waals surface area (Å²) in [6.45, 7) is 2.81. The van der Waals surface area contributed by atoms with Crippen LogP contribution in [0.5, 0.6) is 0 Å². The summed E-state index contributed by atoms with van der Waals surface area (Å²) in [5, 5.41) is 10.2. The van der Waals surface area contributed by atoms with Gasteiger partial charge in [0, 0.05) is 12.5 Å². The van der Waals surface area contributed by atoms with Crippen molar-refractivity contribution < 1.29 is 9.53 Å². The second kappa shape index (κ2) is 12.6. The van der Waals surface area contributed by atoms with E-state index in [1.807, 2.05) is 60.7 Å². The van der Waals surface area contributed by atoms with Crippen molar-refractivity contribution in [1.29, 1.82) is 0 Å². The van der Waals surface area contributed by atoms with E-state index < -0.39 is 6.09 Å². The molecular formula is C33H33N3O2S. The zero-order valence-corrected chi connectivity index (χ0v) is 22.8. The van der Waals surface area contributed by atoms with Gasteiger partial charge in [0.15, 0.2) is 5.11 Å². The topological polar surface area (TPSA) is 62.4 Å². The van der Waals surface area contributed by atoms with Crippen molar-refractivity contribution in [3.63, 3.8) is 0 Å². The van der Waals surface area contributed by atoms with Crippen molar-refractivity contribution in [3.8, 4) is 11.1 Å². The standard InChI is InChI=1S/C33H33N3O2S/c1-23(25-14-6-3-7-15-25)35-32(39)34-21-26(20-24-12-4-2-5-13-24)36-33(37)38-22-31-29-18-10-8-16-27(29)28-17-9-11-19-30(28)31/h2-19,23,26,31H,20-22H2,1H3,(H,36,37)(H2,34,35,39)/t23-,26+/m1/s1. The third-order valence-corrected chi connectivity index (χ3v) is 7.41. The highest BCUT2D eigenvalue weighted by atomic mass is 32.1. The van der Waals surface area contributed by atoms with Gasteiger partial charge in [-0.1, -0.05) is 109 Å². The minimum atomic E-state index is -0.434. The van der Waals surface area contributed by atoms with E-state index in [-0.39, 0.29) is 24.6 Å². The van der Waals surface area contributed by atoms with E-state index in [0.29, 0.717) is 18.1 Å². The summed E-state index contributed by atoms with van der Waals surface area (Å²) in [4.78, 5) is 13.0. The van der Waals surface area contributed by atoms with Crippen LogP contribution in [0.2, 0.25) is 0 Å². The molecular weight excluding hydrogens is 502 g/mol. The Morgan fingerprint density at radius 1 is 0.795 bits per heavy atom. The van der Waals surface area contributed by atoms with Crippen LogP contribution in [-0.4, -0.2) is 30.4 Å². The van der Waals surface area contributed by atoms with E-state index in [2.05, 4.69) is 71.4 Å². The first-order valence-corrected chi connectivity index (χ1v) is 13.7. The highest BCUT2D eigenvalue weighted by molar-refractivity contribution is 7.80. The quantitative estimate of drug-likeness (QED) is 0.218. The first-order valence-electron chi connectivity index (χ1n) is 13.3. The van der Waals surface area contributed by atoms with Gasteiger partial charge in [-0.3, -0.25) is 0 Å². The number of nitrogens with one attached hydrogen (secondary N) is 3. The van der Waals surface area contributed by atoms with Gasteiger partial charge in [-0.05, 0) is 58.9 Å². The molecule has 5 nitrogen and oxygen atoms in total. The molecule has 0 aliphatic heterocycles. The molecule has 0 radical (unpaired) electrons. The van der Waals surface area contributed by atoms with Crippen molar-refractivity contribution in [2.45, 2.75) is 31.3 Å². The number of benzene rings is 4. The Labute approximate surface area is 235 Å². The van der Waals surface area contributed by atoms with Crippen molar-refractivity contribution in [2.24, 2.45) is 0 Å². The van der Waals surface area contributed by atoms with E-state index in [1.54, 1.807) is 0 Å². The number of carbonyl (C=O) groups is 1. The number of thiocarbonyl (C=S) groups is 1. The number of rotatable bonds is 9. The van der Waals surface area contributed by atoms with E-state index in [9.17, 15) is 4.79 Å². The normalized spacial score (nSPS) is 13.5. The fraction of sp³-hybridized carbons (Fsp3) is 0.212. The number of amides is 1. The molecule has 2 atom stereocenters. The molecule has 1 aliphatic carbocycles. The van der Waals surface area contributed by atoms with Crippen LogP contribution < -0.4 is 16.0 Å². The average Bonchev–Trinajstić information content (AvgIpc) is 3.29. The fourth-order valence-electron chi connectivity index (χ4n) is 5.17. The fourth-order valence-corrected chi connectivity index (χ4v) is 5.43. The summed E-state index contributed by atoms with van der Waals surface area (Å²) >= 11 is 5.56. The molecule has 5 rings (SSSR count). The molecule has 0 aromatic heterocycles. The maximum Gasteiger partial charge on any atom is 0.407 e. The summed E-state index contributed by atoms with van der Waals surface area (Å²) in [5.41, 5.74) is 7.08. The molecule has 1 amide bonds. The van der Waals surface area contributed by atoms with Crippen molar-refractivity contribution >= 4 is 23.4 Å². The van der Waals surface area contributed by atoms with Gasteiger partial charge in [-0.15, -0.1) is 0 Å². The average molecular weight is 536 g/mol. The number of hydrogen-bond acceptors (Lipinski definition) is 3. The van der Waals surface area contributed by atoms with E-state index in [4.69, 9.17) is 17.0 Å². The highest BCUT2D eigenvalue weighted by Gasteiger charge is 2.29. The zero-order valence-electron chi connectivity index (χ0n) is 22.0. The summed E-state index contributed by atoms with van der Waals surface area (Å²) in [6, 6.07) is 36.8. The SMILES string of the molecule is C[C@@H](NC(=S)NC[C@H](Cc1ccccc1)NC(=O)OCC1c2ccccc2-c2ccccc21)c1ccccc1. The van der Waals surface area contributed by atoms with Gasteiger partial charge in [0.1, 0.15) is 6.61 Å². The second-order valence-electron chi connectivity index (χ2n) is 9.84. The Morgan fingerprint density at radius 2 is 1.36 bits per heavy atom. The molecule has 0 fully saturated rings. The summed E-state index contributed by atoms with van der Waals surface area (Å²) < 4.78 is 5.81. The Balaban J connectivity index is 1.20. The third kappa shape index (κ3) is 6.65. The lowest BCUT2D eigenvalue weighted by Crippen LogP contribution is -2.47. The van der Waals surface area contributed by atoms with E-state index in [0.717, 1.165) is 11.1 Å². The lowest BCUT2D eigenvalue weighted by atomic mass is 9.98. The Kier molecular flexibility index (Phi) is 8.54. The molecule has 0 spiro atoms. The number of carbonyl (C=O) groups excluding carboxylic acids is 1. The van der Waals surface area contributed by atoms with E-state index >= 15 is 0 Å². The summed E-state index contributed by atoms with van der Waals surface area (Å²) in [7, 11) is 0. The molecule has 4 aromatic rings. The summed E-state index contributed by atoms with van der Waals surface area (Å²) in [6.07, 6.45) is 0.214. The molecule has 0 unspecified atom stereocenters.